The van der Waals surface area contributed by atoms with Crippen LogP contribution in [-0.4, -0.2) is 23.1 Å². The van der Waals surface area contributed by atoms with E-state index in [0.717, 1.165) is 32.5 Å². The van der Waals surface area contributed by atoms with Gasteiger partial charge in [0.1, 0.15) is 6.54 Å². The van der Waals surface area contributed by atoms with Crippen molar-refractivity contribution in [3.63, 3.8) is 0 Å². The second-order valence-electron chi connectivity index (χ2n) is 7.21. The molecule has 3 aromatic rings. The van der Waals surface area contributed by atoms with Crippen molar-refractivity contribution in [2.45, 2.75) is 34.2 Å². The molecule has 0 aliphatic carbocycles. The van der Waals surface area contributed by atoms with Crippen molar-refractivity contribution >= 4 is 33.5 Å². The number of hydrogen-bond donors (Lipinski definition) is 1. The van der Waals surface area contributed by atoms with E-state index in [2.05, 4.69) is 21.2 Å². The molecule has 30 heavy (non-hydrogen) atoms. The van der Waals surface area contributed by atoms with Crippen molar-refractivity contribution in [3.05, 3.63) is 75.4 Å². The van der Waals surface area contributed by atoms with E-state index in [1.807, 2.05) is 67.8 Å². The van der Waals surface area contributed by atoms with Crippen LogP contribution in [0.4, 0.5) is 5.69 Å². The van der Waals surface area contributed by atoms with Crippen molar-refractivity contribution in [3.8, 4) is 11.3 Å². The van der Waals surface area contributed by atoms with Gasteiger partial charge in [-0.2, -0.15) is 0 Å². The molecular weight excluding hydrogens is 444 g/mol. The summed E-state index contributed by atoms with van der Waals surface area (Å²) < 4.78 is 8.05. The highest BCUT2D eigenvalue weighted by Gasteiger charge is 2.21. The van der Waals surface area contributed by atoms with Crippen molar-refractivity contribution in [2.24, 2.45) is 0 Å². The first-order chi connectivity index (χ1) is 14.3. The molecule has 3 rings (SSSR count). The predicted octanol–water partition coefficient (Wildman–Crippen LogP) is 5.66. The molecular formula is C24H25BrN2O3. The number of aryl methyl sites for hydroxylation is 2. The lowest BCUT2D eigenvalue weighted by atomic mass is 10.1. The van der Waals surface area contributed by atoms with Gasteiger partial charge in [-0.1, -0.05) is 45.8 Å². The molecule has 0 saturated carbocycles. The van der Waals surface area contributed by atoms with Gasteiger partial charge in [0, 0.05) is 21.5 Å². The summed E-state index contributed by atoms with van der Waals surface area (Å²) in [5, 5.41) is 2.94. The summed E-state index contributed by atoms with van der Waals surface area (Å²) in [6.07, 6.45) is 0. The number of rotatable bonds is 6. The molecule has 0 spiro atoms. The molecule has 6 heteroatoms. The zero-order valence-electron chi connectivity index (χ0n) is 17.6. The number of carbonyl (C=O) groups is 2. The number of carbonyl (C=O) groups excluding carboxylic acids is 2. The number of hydrogen-bond acceptors (Lipinski definition) is 3. The highest BCUT2D eigenvalue weighted by Crippen LogP contribution is 2.27. The minimum atomic E-state index is -0.383. The summed E-state index contributed by atoms with van der Waals surface area (Å²) in [7, 11) is 0. The normalized spacial score (nSPS) is 10.7. The van der Waals surface area contributed by atoms with E-state index in [-0.39, 0.29) is 18.4 Å². The quantitative estimate of drug-likeness (QED) is 0.474. The van der Waals surface area contributed by atoms with Crippen LogP contribution in [0.2, 0.25) is 0 Å². The average Bonchev–Trinajstić information content (AvgIpc) is 3.02. The summed E-state index contributed by atoms with van der Waals surface area (Å²) in [5.74, 6) is -0.551. The van der Waals surface area contributed by atoms with E-state index < -0.39 is 0 Å². The Hall–Kier alpha value is -2.86. The van der Waals surface area contributed by atoms with Gasteiger partial charge in [-0.25, -0.2) is 4.79 Å². The molecule has 0 aliphatic rings. The second kappa shape index (κ2) is 9.30. The molecule has 0 bridgehead atoms. The number of nitrogens with zero attached hydrogens (tertiary/aromatic N) is 1. The smallest absolute Gasteiger partial charge is 0.339 e. The van der Waals surface area contributed by atoms with Crippen LogP contribution >= 0.6 is 15.9 Å². The van der Waals surface area contributed by atoms with E-state index in [4.69, 9.17) is 4.74 Å². The SMILES string of the molecule is CCOC(=O)c1cc(-c2ccc(C)cc2)n(CC(=O)Nc2ccc(Br)c(C)c2)c1C. The summed E-state index contributed by atoms with van der Waals surface area (Å²) in [5.41, 5.74) is 5.82. The number of ether oxygens (including phenoxy) is 1. The topological polar surface area (TPSA) is 60.3 Å². The first-order valence-electron chi connectivity index (χ1n) is 9.80. The zero-order chi connectivity index (χ0) is 21.8. The van der Waals surface area contributed by atoms with Crippen molar-refractivity contribution in [1.82, 2.24) is 4.57 Å². The number of nitrogens with one attached hydrogen (secondary N) is 1. The number of aromatic nitrogens is 1. The molecule has 0 radical (unpaired) electrons. The monoisotopic (exact) mass is 468 g/mol. The van der Waals surface area contributed by atoms with E-state index in [0.29, 0.717) is 17.9 Å². The third kappa shape index (κ3) is 4.82. The van der Waals surface area contributed by atoms with E-state index in [9.17, 15) is 9.59 Å². The van der Waals surface area contributed by atoms with Gasteiger partial charge in [-0.15, -0.1) is 0 Å². The van der Waals surface area contributed by atoms with Gasteiger partial charge in [-0.05, 0) is 63.1 Å². The number of benzene rings is 2. The zero-order valence-corrected chi connectivity index (χ0v) is 19.2. The van der Waals surface area contributed by atoms with Crippen molar-refractivity contribution in [1.29, 1.82) is 0 Å². The van der Waals surface area contributed by atoms with Crippen LogP contribution in [-0.2, 0) is 16.1 Å². The minimum Gasteiger partial charge on any atom is -0.462 e. The van der Waals surface area contributed by atoms with Gasteiger partial charge in [0.25, 0.3) is 0 Å². The van der Waals surface area contributed by atoms with Gasteiger partial charge in [0.05, 0.1) is 12.2 Å². The fraction of sp³-hybridized carbons (Fsp3) is 0.250. The molecule has 156 valence electrons. The third-order valence-corrected chi connectivity index (χ3v) is 5.84. The Bertz CT molecular complexity index is 1080. The molecule has 1 aromatic heterocycles. The van der Waals surface area contributed by atoms with Gasteiger partial charge in [0.15, 0.2) is 0 Å². The van der Waals surface area contributed by atoms with Gasteiger partial charge >= 0.3 is 5.97 Å². The number of amides is 1. The fourth-order valence-corrected chi connectivity index (χ4v) is 3.54. The predicted molar refractivity (Wildman–Crippen MR) is 123 cm³/mol. The minimum absolute atomic E-state index is 0.0869. The molecule has 1 heterocycles. The summed E-state index contributed by atoms with van der Waals surface area (Å²) in [6, 6.07) is 15.5. The maximum atomic E-state index is 12.8. The van der Waals surface area contributed by atoms with E-state index in [1.54, 1.807) is 13.0 Å². The molecule has 0 fully saturated rings. The van der Waals surface area contributed by atoms with Crippen LogP contribution in [0.3, 0.4) is 0 Å². The lowest BCUT2D eigenvalue weighted by molar-refractivity contribution is -0.116. The summed E-state index contributed by atoms with van der Waals surface area (Å²) in [4.78, 5) is 25.2. The maximum absolute atomic E-state index is 12.8. The fourth-order valence-electron chi connectivity index (χ4n) is 3.29. The standard InChI is InChI=1S/C24H25BrN2O3/c1-5-30-24(29)20-13-22(18-8-6-15(2)7-9-18)27(17(20)4)14-23(28)26-19-10-11-21(25)16(3)12-19/h6-13H,5,14H2,1-4H3,(H,26,28). The Kier molecular flexibility index (Phi) is 6.77. The Morgan fingerprint density at radius 1 is 1.03 bits per heavy atom. The van der Waals surface area contributed by atoms with Crippen LogP contribution in [0, 0.1) is 20.8 Å². The number of esters is 1. The molecule has 0 atom stereocenters. The summed E-state index contributed by atoms with van der Waals surface area (Å²) in [6.45, 7) is 7.98. The molecule has 1 N–H and O–H groups in total. The largest absolute Gasteiger partial charge is 0.462 e. The number of anilines is 1. The van der Waals surface area contributed by atoms with Crippen LogP contribution in [0.1, 0.15) is 34.1 Å². The Morgan fingerprint density at radius 3 is 2.37 bits per heavy atom. The van der Waals surface area contributed by atoms with Crippen molar-refractivity contribution in [2.75, 3.05) is 11.9 Å². The number of halogens is 1. The van der Waals surface area contributed by atoms with Crippen LogP contribution in [0.25, 0.3) is 11.3 Å². The van der Waals surface area contributed by atoms with Crippen molar-refractivity contribution < 1.29 is 14.3 Å². The van der Waals surface area contributed by atoms with E-state index in [1.165, 1.54) is 0 Å². The Labute approximate surface area is 185 Å². The first kappa shape index (κ1) is 21.8. The lowest BCUT2D eigenvalue weighted by Gasteiger charge is -2.13. The molecule has 0 saturated heterocycles. The van der Waals surface area contributed by atoms with Crippen LogP contribution in [0.15, 0.2) is 53.0 Å². The van der Waals surface area contributed by atoms with Gasteiger partial charge in [0.2, 0.25) is 5.91 Å². The molecule has 0 unspecified atom stereocenters. The van der Waals surface area contributed by atoms with E-state index >= 15 is 0 Å². The Balaban J connectivity index is 1.94. The van der Waals surface area contributed by atoms with Gasteiger partial charge < -0.3 is 14.6 Å². The molecule has 1 amide bonds. The second-order valence-corrected chi connectivity index (χ2v) is 8.07. The summed E-state index contributed by atoms with van der Waals surface area (Å²) >= 11 is 3.47. The lowest BCUT2D eigenvalue weighted by Crippen LogP contribution is -2.20. The third-order valence-electron chi connectivity index (χ3n) is 4.95. The molecule has 2 aromatic carbocycles. The average molecular weight is 469 g/mol. The molecule has 0 aliphatic heterocycles. The first-order valence-corrected chi connectivity index (χ1v) is 10.6. The van der Waals surface area contributed by atoms with Crippen LogP contribution < -0.4 is 5.32 Å². The molecule has 5 nitrogen and oxygen atoms in total. The van der Waals surface area contributed by atoms with Crippen LogP contribution in [0.5, 0.6) is 0 Å². The Morgan fingerprint density at radius 2 is 1.73 bits per heavy atom. The highest BCUT2D eigenvalue weighted by atomic mass is 79.9. The van der Waals surface area contributed by atoms with Gasteiger partial charge in [-0.3, -0.25) is 4.79 Å². The highest BCUT2D eigenvalue weighted by molar-refractivity contribution is 9.10. The maximum Gasteiger partial charge on any atom is 0.339 e.